The van der Waals surface area contributed by atoms with Crippen molar-refractivity contribution in [1.29, 1.82) is 0 Å². The number of aromatic nitrogens is 2. The highest BCUT2D eigenvalue weighted by Gasteiger charge is 2.24. The van der Waals surface area contributed by atoms with Crippen LogP contribution in [0.5, 0.6) is 0 Å². The van der Waals surface area contributed by atoms with Crippen molar-refractivity contribution in [3.8, 4) is 0 Å². The van der Waals surface area contributed by atoms with Crippen LogP contribution >= 0.6 is 0 Å². The maximum absolute atomic E-state index is 4.83. The fraction of sp³-hybridized carbons (Fsp3) is 0.714. The third-order valence-corrected chi connectivity index (χ3v) is 4.03. The van der Waals surface area contributed by atoms with Gasteiger partial charge in [-0.3, -0.25) is 0 Å². The molecule has 0 saturated carbocycles. The molecule has 2 aliphatic rings. The Bertz CT molecular complexity index is 465. The Morgan fingerprint density at radius 3 is 2.47 bits per heavy atom. The molecule has 0 bridgehead atoms. The molecule has 5 heteroatoms. The van der Waals surface area contributed by atoms with Gasteiger partial charge >= 0.3 is 0 Å². The lowest BCUT2D eigenvalue weighted by atomic mass is 10.1. The molecule has 0 atom stereocenters. The van der Waals surface area contributed by atoms with Crippen molar-refractivity contribution in [1.82, 2.24) is 14.9 Å². The highest BCUT2D eigenvalue weighted by atomic mass is 15.3. The molecule has 0 N–H and O–H groups in total. The highest BCUT2D eigenvalue weighted by Crippen LogP contribution is 2.28. The number of hydrogen-bond donors (Lipinski definition) is 0. The molecular weight excluding hydrogens is 238 g/mol. The smallest absolute Gasteiger partial charge is 0.227 e. The molecule has 0 amide bonds. The van der Waals surface area contributed by atoms with Crippen molar-refractivity contribution in [3.63, 3.8) is 0 Å². The van der Waals surface area contributed by atoms with Crippen molar-refractivity contribution in [2.45, 2.75) is 25.8 Å². The first-order chi connectivity index (χ1) is 9.15. The van der Waals surface area contributed by atoms with Gasteiger partial charge in [0.05, 0.1) is 5.69 Å². The lowest BCUT2D eigenvalue weighted by molar-refractivity contribution is 0.309. The van der Waals surface area contributed by atoms with E-state index in [0.717, 1.165) is 44.4 Å². The molecular formula is C14H23N5. The molecule has 1 fully saturated rings. The molecule has 2 aliphatic heterocycles. The maximum Gasteiger partial charge on any atom is 0.227 e. The third-order valence-electron chi connectivity index (χ3n) is 4.03. The summed E-state index contributed by atoms with van der Waals surface area (Å²) < 4.78 is 0. The molecule has 1 aromatic heterocycles. The summed E-state index contributed by atoms with van der Waals surface area (Å²) >= 11 is 0. The zero-order valence-corrected chi connectivity index (χ0v) is 12.2. The summed E-state index contributed by atoms with van der Waals surface area (Å²) in [5.74, 6) is 2.03. The SMILES string of the molecule is CN1CCc2nc(N3CCCC3)nc(N(C)C)c2C1. The van der Waals surface area contributed by atoms with Gasteiger partial charge in [-0.05, 0) is 19.9 Å². The Hall–Kier alpha value is -1.36. The average Bonchev–Trinajstić information content (AvgIpc) is 2.91. The summed E-state index contributed by atoms with van der Waals surface area (Å²) in [6.45, 7) is 4.26. The largest absolute Gasteiger partial charge is 0.362 e. The zero-order valence-electron chi connectivity index (χ0n) is 12.2. The van der Waals surface area contributed by atoms with Gasteiger partial charge in [0.25, 0.3) is 0 Å². The fourth-order valence-electron chi connectivity index (χ4n) is 2.95. The minimum absolute atomic E-state index is 0.935. The summed E-state index contributed by atoms with van der Waals surface area (Å²) in [6, 6.07) is 0. The molecule has 0 aromatic carbocycles. The second kappa shape index (κ2) is 4.96. The van der Waals surface area contributed by atoms with Crippen LogP contribution in [0.15, 0.2) is 0 Å². The van der Waals surface area contributed by atoms with Crippen LogP contribution in [0, 0.1) is 0 Å². The van der Waals surface area contributed by atoms with E-state index in [-0.39, 0.29) is 0 Å². The first-order valence-corrected chi connectivity index (χ1v) is 7.16. The van der Waals surface area contributed by atoms with E-state index in [1.54, 1.807) is 0 Å². The van der Waals surface area contributed by atoms with E-state index in [4.69, 9.17) is 9.97 Å². The molecule has 104 valence electrons. The Morgan fingerprint density at radius 2 is 1.79 bits per heavy atom. The van der Waals surface area contributed by atoms with E-state index < -0.39 is 0 Å². The lowest BCUT2D eigenvalue weighted by Gasteiger charge is -2.29. The van der Waals surface area contributed by atoms with Gasteiger partial charge in [-0.1, -0.05) is 0 Å². The quantitative estimate of drug-likeness (QED) is 0.797. The van der Waals surface area contributed by atoms with Crippen molar-refractivity contribution >= 4 is 11.8 Å². The lowest BCUT2D eigenvalue weighted by Crippen LogP contribution is -2.31. The van der Waals surface area contributed by atoms with Gasteiger partial charge in [-0.2, -0.15) is 4.98 Å². The summed E-state index contributed by atoms with van der Waals surface area (Å²) in [6.07, 6.45) is 3.57. The second-order valence-electron chi connectivity index (χ2n) is 5.85. The molecule has 3 rings (SSSR count). The van der Waals surface area contributed by atoms with E-state index in [9.17, 15) is 0 Å². The predicted molar refractivity (Wildman–Crippen MR) is 77.8 cm³/mol. The number of hydrogen-bond acceptors (Lipinski definition) is 5. The number of anilines is 2. The van der Waals surface area contributed by atoms with E-state index >= 15 is 0 Å². The Kier molecular flexibility index (Phi) is 3.31. The normalized spacial score (nSPS) is 19.6. The van der Waals surface area contributed by atoms with Gasteiger partial charge in [0.15, 0.2) is 0 Å². The first-order valence-electron chi connectivity index (χ1n) is 7.16. The van der Waals surface area contributed by atoms with Gasteiger partial charge in [-0.25, -0.2) is 4.98 Å². The van der Waals surface area contributed by atoms with Crippen LogP contribution in [0.1, 0.15) is 24.1 Å². The van der Waals surface area contributed by atoms with E-state index in [1.165, 1.54) is 24.1 Å². The van der Waals surface area contributed by atoms with Crippen LogP contribution in [0.3, 0.4) is 0 Å². The first kappa shape index (κ1) is 12.7. The van der Waals surface area contributed by atoms with Crippen molar-refractivity contribution in [3.05, 3.63) is 11.3 Å². The Labute approximate surface area is 115 Å². The van der Waals surface area contributed by atoms with E-state index in [2.05, 4.69) is 35.8 Å². The minimum Gasteiger partial charge on any atom is -0.362 e. The predicted octanol–water partition coefficient (Wildman–Crippen LogP) is 1.13. The van der Waals surface area contributed by atoms with Crippen molar-refractivity contribution < 1.29 is 0 Å². The molecule has 19 heavy (non-hydrogen) atoms. The number of rotatable bonds is 2. The molecule has 0 radical (unpaired) electrons. The molecule has 1 aromatic rings. The van der Waals surface area contributed by atoms with Crippen molar-refractivity contribution in [2.75, 3.05) is 50.6 Å². The summed E-state index contributed by atoms with van der Waals surface area (Å²) in [4.78, 5) is 16.4. The van der Waals surface area contributed by atoms with Crippen LogP contribution in [-0.2, 0) is 13.0 Å². The van der Waals surface area contributed by atoms with Crippen LogP contribution in [-0.4, -0.2) is 55.6 Å². The van der Waals surface area contributed by atoms with Gasteiger partial charge in [0, 0.05) is 52.3 Å². The Morgan fingerprint density at radius 1 is 1.05 bits per heavy atom. The second-order valence-corrected chi connectivity index (χ2v) is 5.85. The van der Waals surface area contributed by atoms with Gasteiger partial charge in [0.2, 0.25) is 5.95 Å². The summed E-state index contributed by atoms with van der Waals surface area (Å²) in [7, 11) is 6.31. The van der Waals surface area contributed by atoms with E-state index in [1.807, 2.05) is 0 Å². The molecule has 0 spiro atoms. The van der Waals surface area contributed by atoms with Crippen LogP contribution in [0.25, 0.3) is 0 Å². The topological polar surface area (TPSA) is 35.5 Å². The van der Waals surface area contributed by atoms with Gasteiger partial charge in [-0.15, -0.1) is 0 Å². The number of nitrogens with zero attached hydrogens (tertiary/aromatic N) is 5. The van der Waals surface area contributed by atoms with E-state index in [0.29, 0.717) is 0 Å². The zero-order chi connectivity index (χ0) is 13.4. The molecule has 0 aliphatic carbocycles. The monoisotopic (exact) mass is 261 g/mol. The van der Waals surface area contributed by atoms with Gasteiger partial charge < -0.3 is 14.7 Å². The minimum atomic E-state index is 0.935. The van der Waals surface area contributed by atoms with Gasteiger partial charge in [0.1, 0.15) is 5.82 Å². The molecule has 0 unspecified atom stereocenters. The molecule has 5 nitrogen and oxygen atoms in total. The van der Waals surface area contributed by atoms with Crippen LogP contribution in [0.4, 0.5) is 11.8 Å². The maximum atomic E-state index is 4.83. The molecule has 3 heterocycles. The molecule has 1 saturated heterocycles. The standard InChI is InChI=1S/C14H23N5/c1-17(2)13-11-10-18(3)9-6-12(11)15-14(16-13)19-7-4-5-8-19/h4-10H2,1-3H3. The van der Waals surface area contributed by atoms with Crippen LogP contribution < -0.4 is 9.80 Å². The number of fused-ring (bicyclic) bond motifs is 1. The third kappa shape index (κ3) is 2.39. The van der Waals surface area contributed by atoms with Crippen molar-refractivity contribution in [2.24, 2.45) is 0 Å². The average molecular weight is 261 g/mol. The fourth-order valence-corrected chi connectivity index (χ4v) is 2.95. The summed E-state index contributed by atoms with van der Waals surface area (Å²) in [5, 5.41) is 0. The summed E-state index contributed by atoms with van der Waals surface area (Å²) in [5.41, 5.74) is 2.56. The van der Waals surface area contributed by atoms with Crippen LogP contribution in [0.2, 0.25) is 0 Å². The number of likely N-dealkylation sites (N-methyl/N-ethyl adjacent to an activating group) is 1. The Balaban J connectivity index is 2.02. The highest BCUT2D eigenvalue weighted by molar-refractivity contribution is 5.53.